The van der Waals surface area contributed by atoms with Gasteiger partial charge in [0.05, 0.1) is 6.61 Å². The second-order valence-corrected chi connectivity index (χ2v) is 6.24. The Labute approximate surface area is 148 Å². The summed E-state index contributed by atoms with van der Waals surface area (Å²) in [6, 6.07) is 9.25. The standard InChI is InChI=1S/C17H21NO8/c19-7-12-13(21)14(22)15(23)17(25-12)26-16(24)11(20)6-9-5-8-3-1-2-4-10(8)18-9/h1-5,11-15,17-23H,6-7H2/t11-,12-,13-,14+,15-,17+/m1/s1. The van der Waals surface area contributed by atoms with E-state index in [1.165, 1.54) is 0 Å². The van der Waals surface area contributed by atoms with Gasteiger partial charge in [0.1, 0.15) is 24.4 Å². The van der Waals surface area contributed by atoms with Gasteiger partial charge in [-0.15, -0.1) is 0 Å². The molecule has 0 spiro atoms. The summed E-state index contributed by atoms with van der Waals surface area (Å²) in [6.07, 6.45) is -9.32. The van der Waals surface area contributed by atoms with E-state index >= 15 is 0 Å². The molecule has 6 N–H and O–H groups in total. The lowest BCUT2D eigenvalue weighted by Gasteiger charge is -2.39. The van der Waals surface area contributed by atoms with Crippen LogP contribution in [0.2, 0.25) is 0 Å². The van der Waals surface area contributed by atoms with Crippen LogP contribution >= 0.6 is 0 Å². The van der Waals surface area contributed by atoms with E-state index in [0.29, 0.717) is 5.69 Å². The third-order valence-electron chi connectivity index (χ3n) is 4.35. The minimum atomic E-state index is -1.71. The molecule has 142 valence electrons. The highest BCUT2D eigenvalue weighted by atomic mass is 16.7. The van der Waals surface area contributed by atoms with Crippen LogP contribution < -0.4 is 0 Å². The fourth-order valence-electron chi connectivity index (χ4n) is 2.89. The van der Waals surface area contributed by atoms with Gasteiger partial charge in [-0.1, -0.05) is 18.2 Å². The van der Waals surface area contributed by atoms with Gasteiger partial charge < -0.3 is 40.0 Å². The zero-order valence-electron chi connectivity index (χ0n) is 13.7. The molecular weight excluding hydrogens is 346 g/mol. The first kappa shape index (κ1) is 18.8. The van der Waals surface area contributed by atoms with Crippen molar-refractivity contribution in [3.8, 4) is 0 Å². The number of fused-ring (bicyclic) bond motifs is 1. The summed E-state index contributed by atoms with van der Waals surface area (Å²) in [4.78, 5) is 15.1. The van der Waals surface area contributed by atoms with E-state index in [-0.39, 0.29) is 6.42 Å². The lowest BCUT2D eigenvalue weighted by atomic mass is 9.99. The number of hydrogen-bond donors (Lipinski definition) is 6. The molecule has 0 bridgehead atoms. The largest absolute Gasteiger partial charge is 0.431 e. The molecular formula is C17H21NO8. The highest BCUT2D eigenvalue weighted by molar-refractivity contribution is 5.81. The van der Waals surface area contributed by atoms with Gasteiger partial charge in [-0.3, -0.25) is 0 Å². The Morgan fingerprint density at radius 1 is 1.19 bits per heavy atom. The number of hydrogen-bond acceptors (Lipinski definition) is 8. The molecule has 1 aliphatic heterocycles. The van der Waals surface area contributed by atoms with Crippen molar-refractivity contribution in [3.63, 3.8) is 0 Å². The van der Waals surface area contributed by atoms with Crippen LogP contribution in [0.3, 0.4) is 0 Å². The third-order valence-corrected chi connectivity index (χ3v) is 4.35. The van der Waals surface area contributed by atoms with Gasteiger partial charge in [0.25, 0.3) is 0 Å². The molecule has 1 fully saturated rings. The molecule has 2 aromatic rings. The number of aliphatic hydroxyl groups excluding tert-OH is 5. The molecule has 6 atom stereocenters. The van der Waals surface area contributed by atoms with Crippen molar-refractivity contribution in [1.29, 1.82) is 0 Å². The Morgan fingerprint density at radius 2 is 1.92 bits per heavy atom. The third kappa shape index (κ3) is 3.73. The van der Waals surface area contributed by atoms with Gasteiger partial charge in [0, 0.05) is 17.6 Å². The van der Waals surface area contributed by atoms with Gasteiger partial charge in [-0.05, 0) is 17.5 Å². The Morgan fingerprint density at radius 3 is 2.62 bits per heavy atom. The number of aromatic amines is 1. The lowest BCUT2D eigenvalue weighted by Crippen LogP contribution is -2.59. The fraction of sp³-hybridized carbons (Fsp3) is 0.471. The first-order valence-corrected chi connectivity index (χ1v) is 8.16. The fourth-order valence-corrected chi connectivity index (χ4v) is 2.89. The maximum Gasteiger partial charge on any atom is 0.337 e. The number of H-pyrrole nitrogens is 1. The molecule has 9 nitrogen and oxygen atoms in total. The molecule has 9 heteroatoms. The average molecular weight is 367 g/mol. The van der Waals surface area contributed by atoms with E-state index < -0.39 is 49.4 Å². The summed E-state index contributed by atoms with van der Waals surface area (Å²) < 4.78 is 9.98. The second kappa shape index (κ2) is 7.70. The predicted molar refractivity (Wildman–Crippen MR) is 87.9 cm³/mol. The zero-order chi connectivity index (χ0) is 18.8. The molecule has 0 unspecified atom stereocenters. The summed E-state index contributed by atoms with van der Waals surface area (Å²) in [5.41, 5.74) is 1.47. The average Bonchev–Trinajstić information content (AvgIpc) is 3.04. The summed E-state index contributed by atoms with van der Waals surface area (Å²) in [5, 5.41) is 49.3. The van der Waals surface area contributed by atoms with Crippen molar-refractivity contribution >= 4 is 16.9 Å². The summed E-state index contributed by atoms with van der Waals surface area (Å²) in [5.74, 6) is -1.06. The maximum atomic E-state index is 12.1. The highest BCUT2D eigenvalue weighted by Crippen LogP contribution is 2.23. The van der Waals surface area contributed by atoms with E-state index in [4.69, 9.17) is 14.6 Å². The van der Waals surface area contributed by atoms with Crippen LogP contribution in [0.5, 0.6) is 0 Å². The zero-order valence-corrected chi connectivity index (χ0v) is 13.7. The van der Waals surface area contributed by atoms with E-state index in [0.717, 1.165) is 10.9 Å². The number of benzene rings is 1. The molecule has 1 saturated heterocycles. The van der Waals surface area contributed by atoms with E-state index in [9.17, 15) is 25.2 Å². The Kier molecular flexibility index (Phi) is 5.56. The van der Waals surface area contributed by atoms with E-state index in [1.54, 1.807) is 6.07 Å². The van der Waals surface area contributed by atoms with Crippen LogP contribution in [0.25, 0.3) is 10.9 Å². The number of esters is 1. The predicted octanol–water partition coefficient (Wildman–Crippen LogP) is -1.59. The second-order valence-electron chi connectivity index (χ2n) is 6.24. The van der Waals surface area contributed by atoms with Crippen molar-refractivity contribution in [2.24, 2.45) is 0 Å². The molecule has 26 heavy (non-hydrogen) atoms. The quantitative estimate of drug-likeness (QED) is 0.346. The minimum Gasteiger partial charge on any atom is -0.431 e. The Bertz CT molecular complexity index is 727. The van der Waals surface area contributed by atoms with Crippen LogP contribution in [0, 0.1) is 0 Å². The van der Waals surface area contributed by atoms with E-state index in [2.05, 4.69) is 4.98 Å². The molecule has 1 aromatic carbocycles. The van der Waals surface area contributed by atoms with Crippen LogP contribution in [-0.4, -0.2) is 79.9 Å². The highest BCUT2D eigenvalue weighted by Gasteiger charge is 2.45. The first-order chi connectivity index (χ1) is 12.4. The Balaban J connectivity index is 1.63. The monoisotopic (exact) mass is 367 g/mol. The van der Waals surface area contributed by atoms with Gasteiger partial charge in [-0.25, -0.2) is 4.79 Å². The lowest BCUT2D eigenvalue weighted by molar-refractivity contribution is -0.294. The topological polar surface area (TPSA) is 152 Å². The molecule has 0 saturated carbocycles. The number of nitrogens with one attached hydrogen (secondary N) is 1. The van der Waals surface area contributed by atoms with Crippen LogP contribution in [0.1, 0.15) is 5.69 Å². The molecule has 0 amide bonds. The van der Waals surface area contributed by atoms with Gasteiger partial charge in [0.15, 0.2) is 6.10 Å². The number of carbonyl (C=O) groups is 1. The summed E-state index contributed by atoms with van der Waals surface area (Å²) >= 11 is 0. The van der Waals surface area contributed by atoms with Crippen molar-refractivity contribution in [1.82, 2.24) is 4.98 Å². The van der Waals surface area contributed by atoms with Gasteiger partial charge in [-0.2, -0.15) is 0 Å². The van der Waals surface area contributed by atoms with Crippen LogP contribution in [-0.2, 0) is 20.7 Å². The Hall–Kier alpha value is -2.01. The minimum absolute atomic E-state index is 0.0507. The summed E-state index contributed by atoms with van der Waals surface area (Å²) in [7, 11) is 0. The molecule has 0 aliphatic carbocycles. The molecule has 1 aromatic heterocycles. The normalized spacial score (nSPS) is 30.3. The van der Waals surface area contributed by atoms with Gasteiger partial charge in [0.2, 0.25) is 6.29 Å². The molecule has 3 rings (SSSR count). The number of rotatable bonds is 5. The molecule has 0 radical (unpaired) electrons. The van der Waals surface area contributed by atoms with Crippen LogP contribution in [0.15, 0.2) is 30.3 Å². The van der Waals surface area contributed by atoms with Crippen molar-refractivity contribution in [2.45, 2.75) is 43.2 Å². The number of aliphatic hydroxyl groups is 5. The van der Waals surface area contributed by atoms with Crippen LogP contribution in [0.4, 0.5) is 0 Å². The summed E-state index contributed by atoms with van der Waals surface area (Å²) in [6.45, 7) is -0.642. The van der Waals surface area contributed by atoms with Gasteiger partial charge >= 0.3 is 5.97 Å². The van der Waals surface area contributed by atoms with Crippen molar-refractivity contribution in [3.05, 3.63) is 36.0 Å². The maximum absolute atomic E-state index is 12.1. The smallest absolute Gasteiger partial charge is 0.337 e. The number of carbonyl (C=O) groups excluding carboxylic acids is 1. The van der Waals surface area contributed by atoms with Crippen molar-refractivity contribution < 1.29 is 39.8 Å². The molecule has 1 aliphatic rings. The van der Waals surface area contributed by atoms with E-state index in [1.807, 2.05) is 24.3 Å². The SMILES string of the molecule is O=C(O[C@@H]1O[C@H](CO)[C@@H](O)[C@H](O)[C@H]1O)[C@H](O)Cc1cc2ccccc2[nH]1. The first-order valence-electron chi connectivity index (χ1n) is 8.16. The molecule has 2 heterocycles. The number of aromatic nitrogens is 1. The number of ether oxygens (including phenoxy) is 2. The van der Waals surface area contributed by atoms with Crippen molar-refractivity contribution in [2.75, 3.05) is 6.61 Å². The number of para-hydroxylation sites is 1.